The molecule has 0 radical (unpaired) electrons. The summed E-state index contributed by atoms with van der Waals surface area (Å²) in [6.45, 7) is 5.19. The van der Waals surface area contributed by atoms with E-state index in [-0.39, 0.29) is 24.0 Å². The average molecular weight is 305 g/mol. The van der Waals surface area contributed by atoms with Crippen LogP contribution in [0, 0.1) is 11.8 Å². The third-order valence-corrected chi connectivity index (χ3v) is 4.35. The first-order valence-corrected chi connectivity index (χ1v) is 7.51. The third-order valence-electron chi connectivity index (χ3n) is 4.35. The number of hydrogen-bond acceptors (Lipinski definition) is 4. The van der Waals surface area contributed by atoms with Gasteiger partial charge in [0.05, 0.1) is 25.4 Å². The van der Waals surface area contributed by atoms with Crippen LogP contribution in [-0.4, -0.2) is 32.2 Å². The van der Waals surface area contributed by atoms with Crippen molar-refractivity contribution in [2.45, 2.75) is 38.9 Å². The molecule has 1 aromatic rings. The molecule has 0 aromatic heterocycles. The minimum atomic E-state index is -0.521. The van der Waals surface area contributed by atoms with E-state index in [1.54, 1.807) is 7.11 Å². The number of rotatable bonds is 6. The van der Waals surface area contributed by atoms with Crippen molar-refractivity contribution in [1.82, 2.24) is 0 Å². The molecule has 22 heavy (non-hydrogen) atoms. The molecule has 1 aliphatic heterocycles. The van der Waals surface area contributed by atoms with Crippen molar-refractivity contribution in [2.24, 2.45) is 17.0 Å². The number of azide groups is 1. The van der Waals surface area contributed by atoms with Gasteiger partial charge in [-0.2, -0.15) is 0 Å². The fourth-order valence-corrected chi connectivity index (χ4v) is 2.75. The van der Waals surface area contributed by atoms with Crippen LogP contribution in [0.2, 0.25) is 0 Å². The van der Waals surface area contributed by atoms with Crippen LogP contribution in [0.5, 0.6) is 0 Å². The Morgan fingerprint density at radius 3 is 2.59 bits per heavy atom. The molecular formula is C16H23N3O3. The zero-order valence-corrected chi connectivity index (χ0v) is 13.3. The maximum Gasteiger partial charge on any atom is 0.166 e. The van der Waals surface area contributed by atoms with E-state index in [1.807, 2.05) is 30.3 Å². The summed E-state index contributed by atoms with van der Waals surface area (Å²) in [4.78, 5) is 2.90. The summed E-state index contributed by atoms with van der Waals surface area (Å²) in [6, 6.07) is 9.72. The van der Waals surface area contributed by atoms with Gasteiger partial charge < -0.3 is 14.2 Å². The van der Waals surface area contributed by atoms with Gasteiger partial charge in [-0.3, -0.25) is 0 Å². The molecule has 5 atom stereocenters. The number of hydrogen-bond donors (Lipinski definition) is 0. The number of ether oxygens (including phenoxy) is 3. The Morgan fingerprint density at radius 2 is 1.95 bits per heavy atom. The van der Waals surface area contributed by atoms with Gasteiger partial charge in [-0.15, -0.1) is 0 Å². The summed E-state index contributed by atoms with van der Waals surface area (Å²) in [6.07, 6.45) is -0.596. The molecule has 1 heterocycles. The smallest absolute Gasteiger partial charge is 0.166 e. The Morgan fingerprint density at radius 1 is 1.23 bits per heavy atom. The molecule has 6 nitrogen and oxygen atoms in total. The van der Waals surface area contributed by atoms with Gasteiger partial charge in [0.1, 0.15) is 0 Å². The highest BCUT2D eigenvalue weighted by Gasteiger charge is 2.41. The quantitative estimate of drug-likeness (QED) is 0.458. The van der Waals surface area contributed by atoms with Crippen molar-refractivity contribution in [1.29, 1.82) is 0 Å². The van der Waals surface area contributed by atoms with E-state index in [0.29, 0.717) is 13.2 Å². The highest BCUT2D eigenvalue weighted by molar-refractivity contribution is 5.13. The normalized spacial score (nSPS) is 31.5. The lowest BCUT2D eigenvalue weighted by atomic mass is 9.82. The molecule has 120 valence electrons. The second-order valence-electron chi connectivity index (χ2n) is 5.69. The van der Waals surface area contributed by atoms with Gasteiger partial charge in [-0.05, 0) is 22.9 Å². The first-order valence-electron chi connectivity index (χ1n) is 7.51. The van der Waals surface area contributed by atoms with E-state index in [4.69, 9.17) is 19.7 Å². The van der Waals surface area contributed by atoms with Gasteiger partial charge in [0.15, 0.2) is 6.29 Å². The lowest BCUT2D eigenvalue weighted by molar-refractivity contribution is -0.230. The molecule has 0 N–H and O–H groups in total. The zero-order chi connectivity index (χ0) is 15.9. The molecular weight excluding hydrogens is 282 g/mol. The van der Waals surface area contributed by atoms with Crippen LogP contribution in [0.15, 0.2) is 35.4 Å². The molecule has 0 spiro atoms. The van der Waals surface area contributed by atoms with Crippen molar-refractivity contribution < 1.29 is 14.2 Å². The minimum Gasteiger partial charge on any atom is -0.374 e. The van der Waals surface area contributed by atoms with Crippen LogP contribution in [-0.2, 0) is 20.8 Å². The van der Waals surface area contributed by atoms with Crippen molar-refractivity contribution in [2.75, 3.05) is 13.7 Å². The predicted molar refractivity (Wildman–Crippen MR) is 83.0 cm³/mol. The number of methoxy groups -OCH3 is 1. The maximum absolute atomic E-state index is 8.69. The number of benzene rings is 1. The van der Waals surface area contributed by atoms with Crippen molar-refractivity contribution >= 4 is 0 Å². The van der Waals surface area contributed by atoms with Crippen LogP contribution in [0.1, 0.15) is 19.4 Å². The molecule has 0 amide bonds. The standard InChI is InChI=1S/C16H23N3O3/c1-11-12(2)15(18-19-17)16(20-3)22-14(11)10-21-9-13-7-5-4-6-8-13/h4-8,11-12,14-16H,9-10H2,1-3H3/t11-,12-,14?,15?,16-/m0/s1. The van der Waals surface area contributed by atoms with Gasteiger partial charge in [0.25, 0.3) is 0 Å². The van der Waals surface area contributed by atoms with Gasteiger partial charge in [0, 0.05) is 12.0 Å². The van der Waals surface area contributed by atoms with Crippen LogP contribution >= 0.6 is 0 Å². The summed E-state index contributed by atoms with van der Waals surface area (Å²) in [5, 5.41) is 3.82. The molecule has 0 saturated carbocycles. The van der Waals surface area contributed by atoms with Crippen molar-refractivity contribution in [3.8, 4) is 0 Å². The Balaban J connectivity index is 1.92. The topological polar surface area (TPSA) is 76.5 Å². The Kier molecular flexibility index (Phi) is 6.21. The molecule has 1 fully saturated rings. The molecule has 1 aliphatic rings. The summed E-state index contributed by atoms with van der Waals surface area (Å²) in [5.41, 5.74) is 9.83. The monoisotopic (exact) mass is 305 g/mol. The lowest BCUT2D eigenvalue weighted by Gasteiger charge is -2.42. The Bertz CT molecular complexity index is 503. The average Bonchev–Trinajstić information content (AvgIpc) is 2.55. The largest absolute Gasteiger partial charge is 0.374 e. The summed E-state index contributed by atoms with van der Waals surface area (Å²) < 4.78 is 17.0. The highest BCUT2D eigenvalue weighted by Crippen LogP contribution is 2.33. The summed E-state index contributed by atoms with van der Waals surface area (Å²) in [7, 11) is 1.56. The molecule has 2 unspecified atom stereocenters. The molecule has 1 saturated heterocycles. The minimum absolute atomic E-state index is 0.0752. The van der Waals surface area contributed by atoms with Crippen LogP contribution in [0.4, 0.5) is 0 Å². The Labute approximate surface area is 131 Å². The van der Waals surface area contributed by atoms with Crippen LogP contribution < -0.4 is 0 Å². The molecule has 1 aromatic carbocycles. The third kappa shape index (κ3) is 3.99. The SMILES string of the molecule is CO[C@H]1OC(COCc2ccccc2)[C@@H](C)[C@H](C)C1N=[N+]=[N-]. The van der Waals surface area contributed by atoms with Crippen LogP contribution in [0.3, 0.4) is 0 Å². The number of nitrogens with zero attached hydrogens (tertiary/aromatic N) is 3. The van der Waals surface area contributed by atoms with Gasteiger partial charge in [-0.1, -0.05) is 49.3 Å². The first-order chi connectivity index (χ1) is 10.7. The zero-order valence-electron chi connectivity index (χ0n) is 13.3. The summed E-state index contributed by atoms with van der Waals surface area (Å²) in [5.74, 6) is 0.387. The lowest BCUT2D eigenvalue weighted by Crippen LogP contribution is -2.50. The first kappa shape index (κ1) is 16.8. The van der Waals surface area contributed by atoms with Crippen molar-refractivity contribution in [3.63, 3.8) is 0 Å². The van der Waals surface area contributed by atoms with Gasteiger partial charge in [-0.25, -0.2) is 0 Å². The molecule has 6 heteroatoms. The fraction of sp³-hybridized carbons (Fsp3) is 0.625. The second kappa shape index (κ2) is 8.15. The van der Waals surface area contributed by atoms with Gasteiger partial charge in [0.2, 0.25) is 0 Å². The van der Waals surface area contributed by atoms with E-state index in [9.17, 15) is 0 Å². The molecule has 0 aliphatic carbocycles. The maximum atomic E-state index is 8.69. The second-order valence-corrected chi connectivity index (χ2v) is 5.69. The van der Waals surface area contributed by atoms with E-state index in [2.05, 4.69) is 23.9 Å². The molecule has 2 rings (SSSR count). The Hall–Kier alpha value is -1.59. The van der Waals surface area contributed by atoms with E-state index >= 15 is 0 Å². The summed E-state index contributed by atoms with van der Waals surface area (Å²) >= 11 is 0. The van der Waals surface area contributed by atoms with E-state index < -0.39 is 6.29 Å². The van der Waals surface area contributed by atoms with Crippen LogP contribution in [0.25, 0.3) is 10.4 Å². The fourth-order valence-electron chi connectivity index (χ4n) is 2.75. The highest BCUT2D eigenvalue weighted by atomic mass is 16.7. The van der Waals surface area contributed by atoms with Crippen molar-refractivity contribution in [3.05, 3.63) is 46.3 Å². The van der Waals surface area contributed by atoms with Gasteiger partial charge >= 0.3 is 0 Å². The molecule has 0 bridgehead atoms. The predicted octanol–water partition coefficient (Wildman–Crippen LogP) is 3.53. The van der Waals surface area contributed by atoms with E-state index in [1.165, 1.54) is 0 Å². The van der Waals surface area contributed by atoms with E-state index in [0.717, 1.165) is 5.56 Å².